The summed E-state index contributed by atoms with van der Waals surface area (Å²) in [5.41, 5.74) is 1.19. The molecule has 2 aromatic rings. The molecule has 126 valence electrons. The number of aryl methyl sites for hydroxylation is 1. The van der Waals surface area contributed by atoms with Crippen LogP contribution in [0.15, 0.2) is 48.5 Å². The predicted molar refractivity (Wildman–Crippen MR) is 92.1 cm³/mol. The monoisotopic (exact) mass is 326 g/mol. The molecule has 0 heterocycles. The van der Waals surface area contributed by atoms with Gasteiger partial charge in [-0.05, 0) is 50.1 Å². The summed E-state index contributed by atoms with van der Waals surface area (Å²) in [4.78, 5) is 23.8. The van der Waals surface area contributed by atoms with E-state index in [1.165, 1.54) is 6.92 Å². The van der Waals surface area contributed by atoms with Gasteiger partial charge in [0, 0.05) is 12.5 Å². The lowest BCUT2D eigenvalue weighted by Crippen LogP contribution is -2.37. The maximum atomic E-state index is 12.6. The second-order valence-corrected chi connectivity index (χ2v) is 6.18. The molecule has 0 radical (unpaired) electrons. The number of hydrogen-bond acceptors (Lipinski definition) is 4. The topological polar surface area (TPSA) is 52.6 Å². The summed E-state index contributed by atoms with van der Waals surface area (Å²) < 4.78 is 10.9. The zero-order valence-electron chi connectivity index (χ0n) is 14.5. The molecule has 4 heteroatoms. The van der Waals surface area contributed by atoms with Crippen molar-refractivity contribution in [2.75, 3.05) is 0 Å². The molecule has 0 bridgehead atoms. The van der Waals surface area contributed by atoms with Crippen molar-refractivity contribution in [3.05, 3.63) is 65.2 Å². The van der Waals surface area contributed by atoms with Crippen molar-refractivity contribution >= 4 is 11.8 Å². The van der Waals surface area contributed by atoms with Crippen LogP contribution in [0.25, 0.3) is 0 Å². The van der Waals surface area contributed by atoms with Crippen molar-refractivity contribution in [1.82, 2.24) is 0 Å². The second kappa shape index (κ2) is 7.30. The van der Waals surface area contributed by atoms with Crippen molar-refractivity contribution < 1.29 is 19.1 Å². The number of ketones is 1. The first-order valence-corrected chi connectivity index (χ1v) is 7.81. The minimum absolute atomic E-state index is 0.232. The zero-order chi connectivity index (χ0) is 17.7. The maximum Gasteiger partial charge on any atom is 0.303 e. The Kier molecular flexibility index (Phi) is 5.39. The van der Waals surface area contributed by atoms with E-state index in [1.807, 2.05) is 43.3 Å². The third kappa shape index (κ3) is 4.44. The lowest BCUT2D eigenvalue weighted by Gasteiger charge is -2.23. The SMILES string of the molecule is CC(=O)OC(C)(C)C(=O)c1ccc(OCc2ccccc2)cc1C. The lowest BCUT2D eigenvalue weighted by molar-refractivity contribution is -0.149. The summed E-state index contributed by atoms with van der Waals surface area (Å²) >= 11 is 0. The second-order valence-electron chi connectivity index (χ2n) is 6.18. The molecule has 0 unspecified atom stereocenters. The molecule has 0 spiro atoms. The number of rotatable bonds is 6. The van der Waals surface area contributed by atoms with Crippen LogP contribution in [0.4, 0.5) is 0 Å². The van der Waals surface area contributed by atoms with Gasteiger partial charge in [-0.25, -0.2) is 0 Å². The van der Waals surface area contributed by atoms with Crippen molar-refractivity contribution in [2.24, 2.45) is 0 Å². The highest BCUT2D eigenvalue weighted by Crippen LogP contribution is 2.24. The molecule has 0 fully saturated rings. The molecule has 2 rings (SSSR count). The molecule has 2 aromatic carbocycles. The van der Waals surface area contributed by atoms with Crippen LogP contribution in [-0.2, 0) is 16.1 Å². The molecule has 0 aliphatic heterocycles. The van der Waals surface area contributed by atoms with Gasteiger partial charge in [0.1, 0.15) is 12.4 Å². The van der Waals surface area contributed by atoms with E-state index in [-0.39, 0.29) is 5.78 Å². The zero-order valence-corrected chi connectivity index (χ0v) is 14.5. The Labute approximate surface area is 142 Å². The van der Waals surface area contributed by atoms with E-state index in [0.29, 0.717) is 17.9 Å². The fourth-order valence-corrected chi connectivity index (χ4v) is 2.45. The Morgan fingerprint density at radius 1 is 1.04 bits per heavy atom. The maximum absolute atomic E-state index is 12.6. The van der Waals surface area contributed by atoms with Crippen molar-refractivity contribution in [1.29, 1.82) is 0 Å². The number of carbonyl (C=O) groups is 2. The van der Waals surface area contributed by atoms with Gasteiger partial charge >= 0.3 is 5.97 Å². The minimum Gasteiger partial charge on any atom is -0.489 e. The van der Waals surface area contributed by atoms with E-state index < -0.39 is 11.6 Å². The smallest absolute Gasteiger partial charge is 0.303 e. The Morgan fingerprint density at radius 3 is 2.29 bits per heavy atom. The van der Waals surface area contributed by atoms with Gasteiger partial charge in [-0.3, -0.25) is 9.59 Å². The van der Waals surface area contributed by atoms with E-state index in [9.17, 15) is 9.59 Å². The van der Waals surface area contributed by atoms with E-state index in [1.54, 1.807) is 26.0 Å². The first-order chi connectivity index (χ1) is 11.3. The van der Waals surface area contributed by atoms with Crippen LogP contribution in [0.3, 0.4) is 0 Å². The highest BCUT2D eigenvalue weighted by atomic mass is 16.6. The molecule has 0 saturated carbocycles. The van der Waals surface area contributed by atoms with Crippen molar-refractivity contribution in [2.45, 2.75) is 39.9 Å². The summed E-state index contributed by atoms with van der Waals surface area (Å²) in [6.45, 7) is 6.79. The van der Waals surface area contributed by atoms with Gasteiger partial charge < -0.3 is 9.47 Å². The Bertz CT molecular complexity index is 733. The first-order valence-electron chi connectivity index (χ1n) is 7.81. The average molecular weight is 326 g/mol. The molecular formula is C20H22O4. The third-order valence-corrected chi connectivity index (χ3v) is 3.64. The molecule has 0 amide bonds. The lowest BCUT2D eigenvalue weighted by atomic mass is 9.93. The van der Waals surface area contributed by atoms with Crippen molar-refractivity contribution in [3.8, 4) is 5.75 Å². The molecule has 24 heavy (non-hydrogen) atoms. The molecule has 0 aromatic heterocycles. The Balaban J connectivity index is 2.12. The number of carbonyl (C=O) groups excluding carboxylic acids is 2. The van der Waals surface area contributed by atoms with Crippen LogP contribution in [0.5, 0.6) is 5.75 Å². The Hall–Kier alpha value is -2.62. The van der Waals surface area contributed by atoms with Crippen LogP contribution < -0.4 is 4.74 Å². The molecule has 0 N–H and O–H groups in total. The average Bonchev–Trinajstić information content (AvgIpc) is 2.52. The largest absolute Gasteiger partial charge is 0.489 e. The van der Waals surface area contributed by atoms with E-state index in [0.717, 1.165) is 11.1 Å². The van der Waals surface area contributed by atoms with Gasteiger partial charge in [0.2, 0.25) is 5.78 Å². The number of hydrogen-bond donors (Lipinski definition) is 0. The standard InChI is InChI=1S/C20H22O4/c1-14-12-17(23-13-16-8-6-5-7-9-16)10-11-18(14)19(22)20(3,4)24-15(2)21/h5-12H,13H2,1-4H3. The summed E-state index contributed by atoms with van der Waals surface area (Å²) in [6.07, 6.45) is 0. The summed E-state index contributed by atoms with van der Waals surface area (Å²) in [5, 5.41) is 0. The summed E-state index contributed by atoms with van der Waals surface area (Å²) in [7, 11) is 0. The van der Waals surface area contributed by atoms with Crippen LogP contribution in [0.2, 0.25) is 0 Å². The number of ether oxygens (including phenoxy) is 2. The van der Waals surface area contributed by atoms with E-state index >= 15 is 0 Å². The van der Waals surface area contributed by atoms with Crippen molar-refractivity contribution in [3.63, 3.8) is 0 Å². The van der Waals surface area contributed by atoms with E-state index in [2.05, 4.69) is 0 Å². The quantitative estimate of drug-likeness (QED) is 0.592. The molecule has 0 aliphatic carbocycles. The highest BCUT2D eigenvalue weighted by molar-refractivity contribution is 6.04. The fraction of sp³-hybridized carbons (Fsp3) is 0.300. The van der Waals surface area contributed by atoms with Gasteiger partial charge in [-0.1, -0.05) is 30.3 Å². The van der Waals surface area contributed by atoms with Crippen LogP contribution in [0, 0.1) is 6.92 Å². The molecule has 0 aliphatic rings. The third-order valence-electron chi connectivity index (χ3n) is 3.64. The number of esters is 1. The van der Waals surface area contributed by atoms with Crippen LogP contribution in [-0.4, -0.2) is 17.4 Å². The molecular weight excluding hydrogens is 304 g/mol. The van der Waals surface area contributed by atoms with Gasteiger partial charge in [0.15, 0.2) is 5.60 Å². The van der Waals surface area contributed by atoms with E-state index in [4.69, 9.17) is 9.47 Å². The fourth-order valence-electron chi connectivity index (χ4n) is 2.45. The summed E-state index contributed by atoms with van der Waals surface area (Å²) in [5.74, 6) is -0.0168. The summed E-state index contributed by atoms with van der Waals surface area (Å²) in [6, 6.07) is 15.2. The van der Waals surface area contributed by atoms with Crippen LogP contribution in [0.1, 0.15) is 42.3 Å². The molecule has 0 saturated heterocycles. The highest BCUT2D eigenvalue weighted by Gasteiger charge is 2.32. The van der Waals surface area contributed by atoms with Gasteiger partial charge in [0.25, 0.3) is 0 Å². The van der Waals surface area contributed by atoms with Gasteiger partial charge in [-0.2, -0.15) is 0 Å². The number of Topliss-reactive ketones (excluding diaryl/α,β-unsaturated/α-hetero) is 1. The Morgan fingerprint density at radius 2 is 1.71 bits per heavy atom. The predicted octanol–water partition coefficient (Wildman–Crippen LogP) is 4.10. The number of benzene rings is 2. The van der Waals surface area contributed by atoms with Gasteiger partial charge in [-0.15, -0.1) is 0 Å². The molecule has 4 nitrogen and oxygen atoms in total. The first kappa shape index (κ1) is 17.7. The van der Waals surface area contributed by atoms with Gasteiger partial charge in [0.05, 0.1) is 0 Å². The molecule has 0 atom stereocenters. The van der Waals surface area contributed by atoms with Crippen LogP contribution >= 0.6 is 0 Å². The normalized spacial score (nSPS) is 11.0. The minimum atomic E-state index is -1.19.